The number of hydrogen-bond donors (Lipinski definition) is 1. The highest BCUT2D eigenvalue weighted by atomic mass is 16.5. The SMILES string of the molecule is COCCN1C[C@H](O)[C@H](OC(C)C)C1. The maximum atomic E-state index is 9.70. The summed E-state index contributed by atoms with van der Waals surface area (Å²) in [5.41, 5.74) is 0. The molecular weight excluding hydrogens is 182 g/mol. The van der Waals surface area contributed by atoms with Gasteiger partial charge in [0.1, 0.15) is 0 Å². The number of aliphatic hydroxyl groups excluding tert-OH is 1. The van der Waals surface area contributed by atoms with Gasteiger partial charge in [0, 0.05) is 26.7 Å². The van der Waals surface area contributed by atoms with Crippen LogP contribution in [0.4, 0.5) is 0 Å². The van der Waals surface area contributed by atoms with E-state index in [1.54, 1.807) is 7.11 Å². The summed E-state index contributed by atoms with van der Waals surface area (Å²) in [5, 5.41) is 9.70. The molecule has 1 heterocycles. The van der Waals surface area contributed by atoms with Gasteiger partial charge < -0.3 is 14.6 Å². The highest BCUT2D eigenvalue weighted by molar-refractivity contribution is 4.84. The zero-order valence-corrected chi connectivity index (χ0v) is 9.27. The first-order valence-corrected chi connectivity index (χ1v) is 5.18. The van der Waals surface area contributed by atoms with Gasteiger partial charge in [-0.2, -0.15) is 0 Å². The van der Waals surface area contributed by atoms with Crippen molar-refractivity contribution < 1.29 is 14.6 Å². The quantitative estimate of drug-likeness (QED) is 0.688. The van der Waals surface area contributed by atoms with Crippen LogP contribution in [0.3, 0.4) is 0 Å². The minimum absolute atomic E-state index is 0.0353. The largest absolute Gasteiger partial charge is 0.389 e. The van der Waals surface area contributed by atoms with Gasteiger partial charge in [-0.1, -0.05) is 0 Å². The predicted octanol–water partition coefficient (Wildman–Crippen LogP) is 0.103. The van der Waals surface area contributed by atoms with E-state index in [4.69, 9.17) is 9.47 Å². The smallest absolute Gasteiger partial charge is 0.0976 e. The minimum Gasteiger partial charge on any atom is -0.389 e. The Bertz CT molecular complexity index is 163. The average Bonchev–Trinajstić information content (AvgIpc) is 2.43. The molecule has 0 aliphatic carbocycles. The molecule has 1 saturated heterocycles. The molecule has 0 aromatic rings. The van der Waals surface area contributed by atoms with Gasteiger partial charge >= 0.3 is 0 Å². The van der Waals surface area contributed by atoms with Crippen LogP contribution in [0.2, 0.25) is 0 Å². The van der Waals surface area contributed by atoms with Crippen molar-refractivity contribution in [3.05, 3.63) is 0 Å². The fraction of sp³-hybridized carbons (Fsp3) is 1.00. The number of methoxy groups -OCH3 is 1. The fourth-order valence-corrected chi connectivity index (χ4v) is 1.72. The van der Waals surface area contributed by atoms with Crippen molar-refractivity contribution in [2.75, 3.05) is 33.4 Å². The van der Waals surface area contributed by atoms with Gasteiger partial charge in [0.25, 0.3) is 0 Å². The Kier molecular flexibility index (Phi) is 4.81. The number of likely N-dealkylation sites (tertiary alicyclic amines) is 1. The normalized spacial score (nSPS) is 28.9. The van der Waals surface area contributed by atoms with Gasteiger partial charge in [0.05, 0.1) is 24.9 Å². The average molecular weight is 203 g/mol. The van der Waals surface area contributed by atoms with Crippen LogP contribution >= 0.6 is 0 Å². The maximum absolute atomic E-state index is 9.70. The third-order valence-corrected chi connectivity index (χ3v) is 2.37. The fourth-order valence-electron chi connectivity index (χ4n) is 1.72. The summed E-state index contributed by atoms with van der Waals surface area (Å²) >= 11 is 0. The van der Waals surface area contributed by atoms with Gasteiger partial charge in [-0.25, -0.2) is 0 Å². The maximum Gasteiger partial charge on any atom is 0.0976 e. The summed E-state index contributed by atoms with van der Waals surface area (Å²) in [7, 11) is 1.69. The standard InChI is InChI=1S/C10H21NO3/c1-8(2)14-10-7-11(4-5-13-3)6-9(10)12/h8-10,12H,4-7H2,1-3H3/t9-,10+/m0/s1. The Labute approximate surface area is 85.8 Å². The number of rotatable bonds is 5. The van der Waals surface area contributed by atoms with Crippen LogP contribution in [-0.4, -0.2) is 61.7 Å². The molecule has 1 aliphatic rings. The molecule has 0 bridgehead atoms. The molecule has 1 rings (SSSR count). The van der Waals surface area contributed by atoms with Crippen LogP contribution < -0.4 is 0 Å². The number of aliphatic hydroxyl groups is 1. The van der Waals surface area contributed by atoms with Crippen molar-refractivity contribution in [3.63, 3.8) is 0 Å². The molecule has 1 fully saturated rings. The number of ether oxygens (including phenoxy) is 2. The lowest BCUT2D eigenvalue weighted by molar-refractivity contribution is -0.0396. The zero-order valence-electron chi connectivity index (χ0n) is 9.27. The van der Waals surface area contributed by atoms with Crippen molar-refractivity contribution in [1.29, 1.82) is 0 Å². The first-order chi connectivity index (χ1) is 6.63. The van der Waals surface area contributed by atoms with E-state index in [9.17, 15) is 5.11 Å². The summed E-state index contributed by atoms with van der Waals surface area (Å²) in [6.07, 6.45) is -0.210. The first kappa shape index (κ1) is 11.9. The molecule has 4 nitrogen and oxygen atoms in total. The van der Waals surface area contributed by atoms with E-state index >= 15 is 0 Å². The predicted molar refractivity (Wildman–Crippen MR) is 54.3 cm³/mol. The van der Waals surface area contributed by atoms with Crippen molar-refractivity contribution in [2.45, 2.75) is 32.2 Å². The van der Waals surface area contributed by atoms with Gasteiger partial charge in [0.15, 0.2) is 0 Å². The second kappa shape index (κ2) is 5.66. The Balaban J connectivity index is 2.28. The van der Waals surface area contributed by atoms with Gasteiger partial charge in [0.2, 0.25) is 0 Å². The Morgan fingerprint density at radius 1 is 1.43 bits per heavy atom. The molecule has 1 aliphatic heterocycles. The summed E-state index contributed by atoms with van der Waals surface area (Å²) in [4.78, 5) is 2.17. The molecule has 0 radical (unpaired) electrons. The van der Waals surface area contributed by atoms with Crippen molar-refractivity contribution in [2.24, 2.45) is 0 Å². The van der Waals surface area contributed by atoms with Crippen LogP contribution in [0.5, 0.6) is 0 Å². The third kappa shape index (κ3) is 3.53. The second-order valence-electron chi connectivity index (χ2n) is 4.04. The molecule has 0 amide bonds. The van der Waals surface area contributed by atoms with Crippen molar-refractivity contribution >= 4 is 0 Å². The van der Waals surface area contributed by atoms with Gasteiger partial charge in [-0.3, -0.25) is 4.90 Å². The Morgan fingerprint density at radius 2 is 2.14 bits per heavy atom. The Morgan fingerprint density at radius 3 is 2.71 bits per heavy atom. The van der Waals surface area contributed by atoms with Crippen LogP contribution in [0, 0.1) is 0 Å². The van der Waals surface area contributed by atoms with Crippen LogP contribution in [0.1, 0.15) is 13.8 Å². The highest BCUT2D eigenvalue weighted by Crippen LogP contribution is 2.14. The van der Waals surface area contributed by atoms with E-state index in [0.29, 0.717) is 13.2 Å². The van der Waals surface area contributed by atoms with Crippen molar-refractivity contribution in [3.8, 4) is 0 Å². The monoisotopic (exact) mass is 203 g/mol. The van der Waals surface area contributed by atoms with E-state index in [2.05, 4.69) is 4.90 Å². The summed E-state index contributed by atoms with van der Waals surface area (Å²) in [5.74, 6) is 0. The second-order valence-corrected chi connectivity index (χ2v) is 4.04. The molecular formula is C10H21NO3. The van der Waals surface area contributed by atoms with Crippen LogP contribution in [0.15, 0.2) is 0 Å². The van der Waals surface area contributed by atoms with E-state index in [-0.39, 0.29) is 18.3 Å². The highest BCUT2D eigenvalue weighted by Gasteiger charge is 2.32. The summed E-state index contributed by atoms with van der Waals surface area (Å²) in [6, 6.07) is 0. The summed E-state index contributed by atoms with van der Waals surface area (Å²) < 4.78 is 10.6. The summed E-state index contributed by atoms with van der Waals surface area (Å²) in [6.45, 7) is 7.06. The third-order valence-electron chi connectivity index (χ3n) is 2.37. The molecule has 0 aromatic heterocycles. The molecule has 84 valence electrons. The number of β-amino-alcohol motifs (C(OH)–C–C–N with tert-alkyl or cyclic N) is 1. The topological polar surface area (TPSA) is 41.9 Å². The minimum atomic E-state index is -0.353. The molecule has 0 spiro atoms. The lowest BCUT2D eigenvalue weighted by Crippen LogP contribution is -2.29. The van der Waals surface area contributed by atoms with Gasteiger partial charge in [-0.15, -0.1) is 0 Å². The van der Waals surface area contributed by atoms with E-state index in [1.165, 1.54) is 0 Å². The molecule has 0 aromatic carbocycles. The first-order valence-electron chi connectivity index (χ1n) is 5.18. The van der Waals surface area contributed by atoms with E-state index in [1.807, 2.05) is 13.8 Å². The zero-order chi connectivity index (χ0) is 10.6. The molecule has 0 unspecified atom stereocenters. The molecule has 2 atom stereocenters. The van der Waals surface area contributed by atoms with E-state index in [0.717, 1.165) is 13.1 Å². The lowest BCUT2D eigenvalue weighted by Gasteiger charge is -2.18. The number of hydrogen-bond acceptors (Lipinski definition) is 4. The molecule has 4 heteroatoms. The van der Waals surface area contributed by atoms with E-state index < -0.39 is 0 Å². The molecule has 14 heavy (non-hydrogen) atoms. The Hall–Kier alpha value is -0.160. The number of nitrogens with zero attached hydrogens (tertiary/aromatic N) is 1. The van der Waals surface area contributed by atoms with Gasteiger partial charge in [-0.05, 0) is 13.8 Å². The lowest BCUT2D eigenvalue weighted by atomic mass is 10.2. The molecule has 0 saturated carbocycles. The van der Waals surface area contributed by atoms with Crippen molar-refractivity contribution in [1.82, 2.24) is 4.90 Å². The molecule has 1 N–H and O–H groups in total. The van der Waals surface area contributed by atoms with Crippen LogP contribution in [-0.2, 0) is 9.47 Å². The van der Waals surface area contributed by atoms with Crippen LogP contribution in [0.25, 0.3) is 0 Å².